The third-order valence-corrected chi connectivity index (χ3v) is 6.04. The maximum absolute atomic E-state index is 12.9. The zero-order valence-corrected chi connectivity index (χ0v) is 18.1. The highest BCUT2D eigenvalue weighted by molar-refractivity contribution is 6.21. The third-order valence-electron chi connectivity index (χ3n) is 6.04. The van der Waals surface area contributed by atoms with E-state index >= 15 is 0 Å². The summed E-state index contributed by atoms with van der Waals surface area (Å²) < 4.78 is 0. The smallest absolute Gasteiger partial charge is 0.255 e. The zero-order chi connectivity index (χ0) is 22.5. The Labute approximate surface area is 189 Å². The topological polar surface area (TPSA) is 80.7 Å². The van der Waals surface area contributed by atoms with Crippen molar-refractivity contribution in [2.24, 2.45) is 0 Å². The van der Waals surface area contributed by atoms with Crippen LogP contribution in [0.4, 0.5) is 5.69 Å². The number of nitrogens with one attached hydrogen (secondary N) is 1. The van der Waals surface area contributed by atoms with E-state index in [0.717, 1.165) is 49.6 Å². The van der Waals surface area contributed by atoms with Gasteiger partial charge in [-0.2, -0.15) is 0 Å². The number of carbonyl (C=O) groups excluding carboxylic acids is 1. The molecular formula is C27H19N5O. The molecule has 0 atom stereocenters. The fourth-order valence-corrected chi connectivity index (χ4v) is 4.16. The summed E-state index contributed by atoms with van der Waals surface area (Å²) in [6.45, 7) is 4.08. The van der Waals surface area contributed by atoms with Crippen molar-refractivity contribution in [2.45, 2.75) is 13.8 Å². The Morgan fingerprint density at radius 2 is 1.36 bits per heavy atom. The van der Waals surface area contributed by atoms with Gasteiger partial charge in [-0.05, 0) is 79.6 Å². The number of rotatable bonds is 2. The maximum atomic E-state index is 12.9. The van der Waals surface area contributed by atoms with Crippen molar-refractivity contribution in [3.63, 3.8) is 0 Å². The molecule has 0 fully saturated rings. The average Bonchev–Trinajstić information content (AvgIpc) is 2.85. The highest BCUT2D eigenvalue weighted by Gasteiger charge is 2.15. The monoisotopic (exact) mass is 429 g/mol. The molecule has 0 unspecified atom stereocenters. The van der Waals surface area contributed by atoms with E-state index in [1.165, 1.54) is 5.56 Å². The quantitative estimate of drug-likeness (QED) is 0.280. The fraction of sp³-hybridized carbons (Fsp3) is 0.0741. The molecule has 0 aliphatic heterocycles. The molecule has 1 amide bonds. The summed E-state index contributed by atoms with van der Waals surface area (Å²) in [6.07, 6.45) is 3.52. The van der Waals surface area contributed by atoms with E-state index in [1.54, 1.807) is 24.5 Å². The van der Waals surface area contributed by atoms with Crippen molar-refractivity contribution >= 4 is 55.5 Å². The van der Waals surface area contributed by atoms with E-state index in [0.29, 0.717) is 11.1 Å². The first-order valence-electron chi connectivity index (χ1n) is 10.7. The van der Waals surface area contributed by atoms with Crippen LogP contribution >= 0.6 is 0 Å². The number of aryl methyl sites for hydroxylation is 2. The number of amides is 1. The van der Waals surface area contributed by atoms with E-state index in [-0.39, 0.29) is 5.91 Å². The first-order valence-corrected chi connectivity index (χ1v) is 10.7. The normalized spacial score (nSPS) is 11.5. The largest absolute Gasteiger partial charge is 0.322 e. The number of hydrogen-bond donors (Lipinski definition) is 1. The first-order chi connectivity index (χ1) is 16.1. The first kappa shape index (κ1) is 19.3. The summed E-state index contributed by atoms with van der Waals surface area (Å²) in [4.78, 5) is 31.8. The molecule has 0 aliphatic rings. The lowest BCUT2D eigenvalue weighted by Crippen LogP contribution is -2.12. The van der Waals surface area contributed by atoms with Crippen LogP contribution in [0.3, 0.4) is 0 Å². The standard InChI is InChI=1S/C27H19N5O/c1-15-7-9-18(13-16(15)2)30-27(33)17-8-10-21-22(14-17)32-26-20-6-4-12-29-24(20)23-19(25(26)31-21)5-3-11-28-23/h3-14H,1-2H3,(H,30,33). The van der Waals surface area contributed by atoms with Gasteiger partial charge in [0.1, 0.15) is 0 Å². The van der Waals surface area contributed by atoms with Gasteiger partial charge in [0.2, 0.25) is 0 Å². The minimum absolute atomic E-state index is 0.184. The predicted octanol–water partition coefficient (Wildman–Crippen LogP) is 5.75. The number of fused-ring (bicyclic) bond motifs is 7. The Hall–Kier alpha value is -4.45. The summed E-state index contributed by atoms with van der Waals surface area (Å²) in [5, 5.41) is 4.77. The molecule has 0 saturated heterocycles. The van der Waals surface area contributed by atoms with Crippen LogP contribution in [0.5, 0.6) is 0 Å². The second-order valence-corrected chi connectivity index (χ2v) is 8.18. The summed E-state index contributed by atoms with van der Waals surface area (Å²) in [7, 11) is 0. The van der Waals surface area contributed by atoms with Gasteiger partial charge in [-0.25, -0.2) is 9.97 Å². The van der Waals surface area contributed by atoms with Crippen molar-refractivity contribution in [1.82, 2.24) is 19.9 Å². The van der Waals surface area contributed by atoms with Gasteiger partial charge >= 0.3 is 0 Å². The van der Waals surface area contributed by atoms with E-state index in [1.807, 2.05) is 62.4 Å². The molecule has 0 saturated carbocycles. The van der Waals surface area contributed by atoms with E-state index in [2.05, 4.69) is 15.3 Å². The van der Waals surface area contributed by atoms with Gasteiger partial charge in [-0.3, -0.25) is 14.8 Å². The van der Waals surface area contributed by atoms with Crippen LogP contribution < -0.4 is 5.32 Å². The number of hydrogen-bond acceptors (Lipinski definition) is 5. The molecule has 3 aromatic heterocycles. The molecule has 1 N–H and O–H groups in total. The van der Waals surface area contributed by atoms with Crippen molar-refractivity contribution in [1.29, 1.82) is 0 Å². The Morgan fingerprint density at radius 1 is 0.697 bits per heavy atom. The number of nitrogens with zero attached hydrogens (tertiary/aromatic N) is 4. The SMILES string of the molecule is Cc1ccc(NC(=O)c2ccc3nc4c5cccnc5c5ncccc5c4nc3c2)cc1C. The highest BCUT2D eigenvalue weighted by Crippen LogP contribution is 2.31. The van der Waals surface area contributed by atoms with Crippen LogP contribution in [0.15, 0.2) is 73.1 Å². The van der Waals surface area contributed by atoms with Gasteiger partial charge in [0.05, 0.1) is 33.1 Å². The Bertz CT molecular complexity index is 1740. The minimum Gasteiger partial charge on any atom is -0.322 e. The number of anilines is 1. The summed E-state index contributed by atoms with van der Waals surface area (Å²) in [6, 6.07) is 19.0. The van der Waals surface area contributed by atoms with Crippen molar-refractivity contribution in [3.05, 3.63) is 89.7 Å². The fourth-order valence-electron chi connectivity index (χ4n) is 4.16. The lowest BCUT2D eigenvalue weighted by atomic mass is 10.1. The number of benzene rings is 3. The van der Waals surface area contributed by atoms with Crippen LogP contribution in [0.2, 0.25) is 0 Å². The molecule has 3 aromatic carbocycles. The molecule has 33 heavy (non-hydrogen) atoms. The second kappa shape index (κ2) is 7.31. The molecule has 3 heterocycles. The molecule has 158 valence electrons. The van der Waals surface area contributed by atoms with Crippen molar-refractivity contribution in [2.75, 3.05) is 5.32 Å². The molecule has 6 heteroatoms. The zero-order valence-electron chi connectivity index (χ0n) is 18.1. The van der Waals surface area contributed by atoms with Crippen LogP contribution in [-0.4, -0.2) is 25.8 Å². The van der Waals surface area contributed by atoms with Gasteiger partial charge < -0.3 is 5.32 Å². The van der Waals surface area contributed by atoms with Gasteiger partial charge in [-0.1, -0.05) is 6.07 Å². The van der Waals surface area contributed by atoms with Gasteiger partial charge in [-0.15, -0.1) is 0 Å². The Kier molecular flexibility index (Phi) is 4.26. The number of carbonyl (C=O) groups is 1. The molecule has 0 bridgehead atoms. The van der Waals surface area contributed by atoms with Crippen LogP contribution in [0.1, 0.15) is 21.5 Å². The summed E-state index contributed by atoms with van der Waals surface area (Å²) in [5.74, 6) is -0.184. The van der Waals surface area contributed by atoms with Crippen molar-refractivity contribution in [3.8, 4) is 0 Å². The van der Waals surface area contributed by atoms with E-state index < -0.39 is 0 Å². The predicted molar refractivity (Wildman–Crippen MR) is 132 cm³/mol. The third kappa shape index (κ3) is 3.15. The minimum atomic E-state index is -0.184. The molecule has 0 radical (unpaired) electrons. The van der Waals surface area contributed by atoms with Gasteiger partial charge in [0.25, 0.3) is 5.91 Å². The average molecular weight is 429 g/mol. The molecule has 0 aliphatic carbocycles. The Balaban J connectivity index is 1.51. The highest BCUT2D eigenvalue weighted by atomic mass is 16.1. The van der Waals surface area contributed by atoms with Gasteiger partial charge in [0.15, 0.2) is 0 Å². The van der Waals surface area contributed by atoms with E-state index in [9.17, 15) is 4.79 Å². The number of pyridine rings is 2. The number of aromatic nitrogens is 4. The van der Waals surface area contributed by atoms with Crippen LogP contribution in [-0.2, 0) is 0 Å². The Morgan fingerprint density at radius 3 is 2.03 bits per heavy atom. The molecule has 6 aromatic rings. The molecule has 6 rings (SSSR count). The van der Waals surface area contributed by atoms with E-state index in [4.69, 9.17) is 9.97 Å². The molecule has 0 spiro atoms. The molecule has 6 nitrogen and oxygen atoms in total. The lowest BCUT2D eigenvalue weighted by molar-refractivity contribution is 0.102. The summed E-state index contributed by atoms with van der Waals surface area (Å²) >= 11 is 0. The van der Waals surface area contributed by atoms with Gasteiger partial charge in [0, 0.05) is 34.4 Å². The summed E-state index contributed by atoms with van der Waals surface area (Å²) in [5.41, 5.74) is 8.11. The second-order valence-electron chi connectivity index (χ2n) is 8.18. The van der Waals surface area contributed by atoms with Crippen LogP contribution in [0, 0.1) is 13.8 Å². The lowest BCUT2D eigenvalue weighted by Gasteiger charge is -2.10. The van der Waals surface area contributed by atoms with Crippen LogP contribution in [0.25, 0.3) is 43.9 Å². The maximum Gasteiger partial charge on any atom is 0.255 e. The van der Waals surface area contributed by atoms with Crippen molar-refractivity contribution < 1.29 is 4.79 Å². The molecular weight excluding hydrogens is 410 g/mol.